The molecule has 0 spiro atoms. The van der Waals surface area contributed by atoms with E-state index >= 15 is 0 Å². The maximum Gasteiger partial charge on any atom is 0.303 e. The molecule has 1 rings (SSSR count). The van der Waals surface area contributed by atoms with Crippen molar-refractivity contribution in [2.75, 3.05) is 13.1 Å². The number of primary amides is 1. The van der Waals surface area contributed by atoms with E-state index in [1.807, 2.05) is 13.8 Å². The van der Waals surface area contributed by atoms with Crippen LogP contribution in [0.3, 0.4) is 0 Å². The van der Waals surface area contributed by atoms with Crippen LogP contribution < -0.4 is 5.73 Å². The maximum atomic E-state index is 11.1. The zero-order chi connectivity index (χ0) is 13.0. The van der Waals surface area contributed by atoms with E-state index in [-0.39, 0.29) is 24.3 Å². The summed E-state index contributed by atoms with van der Waals surface area (Å²) >= 11 is 0. The summed E-state index contributed by atoms with van der Waals surface area (Å²) in [7, 11) is 0. The third-order valence-electron chi connectivity index (χ3n) is 3.75. The van der Waals surface area contributed by atoms with Gasteiger partial charge >= 0.3 is 5.97 Å². The second-order valence-corrected chi connectivity index (χ2v) is 5.05. The number of piperidine rings is 1. The molecule has 98 valence electrons. The summed E-state index contributed by atoms with van der Waals surface area (Å²) in [6.45, 7) is 5.43. The van der Waals surface area contributed by atoms with Gasteiger partial charge in [-0.05, 0) is 38.1 Å². The van der Waals surface area contributed by atoms with Gasteiger partial charge in [-0.3, -0.25) is 14.5 Å². The lowest BCUT2D eigenvalue weighted by Gasteiger charge is -2.37. The predicted molar refractivity (Wildman–Crippen MR) is 64.4 cm³/mol. The van der Waals surface area contributed by atoms with Crippen LogP contribution in [0.15, 0.2) is 0 Å². The number of carboxylic acid groups (broad SMARTS) is 1. The van der Waals surface area contributed by atoms with Crippen LogP contribution in [0.4, 0.5) is 0 Å². The number of nitrogens with two attached hydrogens (primary N) is 1. The van der Waals surface area contributed by atoms with Gasteiger partial charge in [0.15, 0.2) is 0 Å². The largest absolute Gasteiger partial charge is 0.481 e. The Balaban J connectivity index is 2.54. The molecule has 3 N–H and O–H groups in total. The van der Waals surface area contributed by atoms with E-state index in [9.17, 15) is 9.59 Å². The van der Waals surface area contributed by atoms with E-state index in [1.54, 1.807) is 0 Å². The Morgan fingerprint density at radius 1 is 1.47 bits per heavy atom. The molecule has 1 aliphatic rings. The van der Waals surface area contributed by atoms with Gasteiger partial charge in [0, 0.05) is 13.0 Å². The van der Waals surface area contributed by atoms with Crippen molar-refractivity contribution in [1.29, 1.82) is 0 Å². The molecule has 17 heavy (non-hydrogen) atoms. The van der Waals surface area contributed by atoms with Crippen LogP contribution in [0, 0.1) is 11.8 Å². The normalized spacial score (nSPS) is 25.2. The Hall–Kier alpha value is -1.10. The van der Waals surface area contributed by atoms with E-state index in [1.165, 1.54) is 0 Å². The van der Waals surface area contributed by atoms with Crippen LogP contribution in [-0.2, 0) is 9.59 Å². The van der Waals surface area contributed by atoms with Gasteiger partial charge in [-0.15, -0.1) is 0 Å². The van der Waals surface area contributed by atoms with Crippen LogP contribution in [0.25, 0.3) is 0 Å². The molecule has 3 unspecified atom stereocenters. The van der Waals surface area contributed by atoms with Gasteiger partial charge in [-0.25, -0.2) is 0 Å². The average molecular weight is 242 g/mol. The van der Waals surface area contributed by atoms with Crippen LogP contribution >= 0.6 is 0 Å². The summed E-state index contributed by atoms with van der Waals surface area (Å²) in [6, 6.07) is -0.255. The molecule has 3 atom stereocenters. The molecule has 5 nitrogen and oxygen atoms in total. The number of hydrogen-bond acceptors (Lipinski definition) is 3. The molecule has 0 aromatic heterocycles. The molecular weight excluding hydrogens is 220 g/mol. The van der Waals surface area contributed by atoms with E-state index in [2.05, 4.69) is 4.90 Å². The topological polar surface area (TPSA) is 83.6 Å². The van der Waals surface area contributed by atoms with E-state index in [4.69, 9.17) is 10.8 Å². The molecule has 1 amide bonds. The fourth-order valence-electron chi connectivity index (χ4n) is 2.48. The zero-order valence-corrected chi connectivity index (χ0v) is 10.6. The molecule has 0 saturated carbocycles. The third-order valence-corrected chi connectivity index (χ3v) is 3.75. The van der Waals surface area contributed by atoms with Gasteiger partial charge in [0.1, 0.15) is 0 Å². The first-order chi connectivity index (χ1) is 7.91. The monoisotopic (exact) mass is 242 g/mol. The minimum absolute atomic E-state index is 0.148. The lowest BCUT2D eigenvalue weighted by molar-refractivity contribution is -0.138. The number of amides is 1. The lowest BCUT2D eigenvalue weighted by Crippen LogP contribution is -2.48. The first kappa shape index (κ1) is 14.0. The molecule has 0 bridgehead atoms. The summed E-state index contributed by atoms with van der Waals surface area (Å²) in [5.74, 6) is -0.564. The summed E-state index contributed by atoms with van der Waals surface area (Å²) in [6.07, 6.45) is 2.24. The van der Waals surface area contributed by atoms with Crippen molar-refractivity contribution >= 4 is 11.9 Å². The molecular formula is C12H22N2O3. The van der Waals surface area contributed by atoms with E-state index in [0.717, 1.165) is 25.9 Å². The maximum absolute atomic E-state index is 11.1. The van der Waals surface area contributed by atoms with Crippen molar-refractivity contribution in [3.05, 3.63) is 0 Å². The first-order valence-electron chi connectivity index (χ1n) is 6.17. The molecule has 0 aromatic carbocycles. The number of likely N-dealkylation sites (tertiary alicyclic amines) is 1. The van der Waals surface area contributed by atoms with E-state index < -0.39 is 5.97 Å². The van der Waals surface area contributed by atoms with Gasteiger partial charge < -0.3 is 10.8 Å². The SMILES string of the molecule is CC(CC(=O)O)C1CCCN(C(C)C(N)=O)C1. The zero-order valence-electron chi connectivity index (χ0n) is 10.6. The Morgan fingerprint density at radius 2 is 2.12 bits per heavy atom. The van der Waals surface area contributed by atoms with Crippen LogP contribution in [-0.4, -0.2) is 41.0 Å². The number of hydrogen-bond donors (Lipinski definition) is 2. The number of carbonyl (C=O) groups excluding carboxylic acids is 1. The first-order valence-corrected chi connectivity index (χ1v) is 6.17. The quantitative estimate of drug-likeness (QED) is 0.742. The Kier molecular flexibility index (Phi) is 4.93. The third kappa shape index (κ3) is 4.00. The summed E-state index contributed by atoms with van der Waals surface area (Å²) in [5, 5.41) is 8.79. The second-order valence-electron chi connectivity index (χ2n) is 5.05. The number of nitrogens with zero attached hydrogens (tertiary/aromatic N) is 1. The van der Waals surface area contributed by atoms with Gasteiger partial charge in [0.2, 0.25) is 5.91 Å². The standard InChI is InChI=1S/C12H22N2O3/c1-8(6-11(15)16)10-4-3-5-14(7-10)9(2)12(13)17/h8-10H,3-7H2,1-2H3,(H2,13,17)(H,15,16). The van der Waals surface area contributed by atoms with Crippen LogP contribution in [0.2, 0.25) is 0 Å². The minimum Gasteiger partial charge on any atom is -0.481 e. The molecule has 0 aromatic rings. The molecule has 0 aliphatic carbocycles. The molecule has 1 saturated heterocycles. The van der Waals surface area contributed by atoms with E-state index in [0.29, 0.717) is 5.92 Å². The summed E-state index contributed by atoms with van der Waals surface area (Å²) in [4.78, 5) is 23.9. The molecule has 1 fully saturated rings. The average Bonchev–Trinajstić information content (AvgIpc) is 2.27. The molecule has 1 aliphatic heterocycles. The Bertz CT molecular complexity index is 293. The van der Waals surface area contributed by atoms with Crippen LogP contribution in [0.1, 0.15) is 33.1 Å². The van der Waals surface area contributed by atoms with Crippen molar-refractivity contribution in [2.45, 2.75) is 39.2 Å². The highest BCUT2D eigenvalue weighted by molar-refractivity contribution is 5.79. The molecule has 0 radical (unpaired) electrons. The highest BCUT2D eigenvalue weighted by Gasteiger charge is 2.29. The van der Waals surface area contributed by atoms with Crippen molar-refractivity contribution in [3.8, 4) is 0 Å². The van der Waals surface area contributed by atoms with Crippen molar-refractivity contribution < 1.29 is 14.7 Å². The summed E-state index contributed by atoms with van der Waals surface area (Å²) in [5.41, 5.74) is 5.29. The lowest BCUT2D eigenvalue weighted by atomic mass is 9.84. The fourth-order valence-corrected chi connectivity index (χ4v) is 2.48. The Labute approximate surface area is 102 Å². The van der Waals surface area contributed by atoms with Crippen molar-refractivity contribution in [1.82, 2.24) is 4.90 Å². The Morgan fingerprint density at radius 3 is 2.65 bits per heavy atom. The van der Waals surface area contributed by atoms with Crippen molar-refractivity contribution in [3.63, 3.8) is 0 Å². The minimum atomic E-state index is -0.752. The smallest absolute Gasteiger partial charge is 0.303 e. The summed E-state index contributed by atoms with van der Waals surface area (Å²) < 4.78 is 0. The fraction of sp³-hybridized carbons (Fsp3) is 0.833. The highest BCUT2D eigenvalue weighted by atomic mass is 16.4. The predicted octanol–water partition coefficient (Wildman–Crippen LogP) is 0.683. The van der Waals surface area contributed by atoms with Crippen LogP contribution in [0.5, 0.6) is 0 Å². The number of rotatable bonds is 5. The number of carbonyl (C=O) groups is 2. The second kappa shape index (κ2) is 6.00. The molecule has 5 heteroatoms. The number of carboxylic acids is 1. The number of aliphatic carboxylic acids is 1. The highest BCUT2D eigenvalue weighted by Crippen LogP contribution is 2.27. The molecule has 1 heterocycles. The van der Waals surface area contributed by atoms with Gasteiger partial charge in [0.05, 0.1) is 6.04 Å². The van der Waals surface area contributed by atoms with Crippen molar-refractivity contribution in [2.24, 2.45) is 17.6 Å². The van der Waals surface area contributed by atoms with Gasteiger partial charge in [-0.1, -0.05) is 6.92 Å². The van der Waals surface area contributed by atoms with Gasteiger partial charge in [-0.2, -0.15) is 0 Å². The van der Waals surface area contributed by atoms with Gasteiger partial charge in [0.25, 0.3) is 0 Å².